The summed E-state index contributed by atoms with van der Waals surface area (Å²) in [5, 5.41) is 3.44. The fourth-order valence-corrected chi connectivity index (χ4v) is 3.49. The van der Waals surface area contributed by atoms with Gasteiger partial charge in [0.05, 0.1) is 11.9 Å². The second-order valence-electron chi connectivity index (χ2n) is 6.94. The van der Waals surface area contributed by atoms with Gasteiger partial charge in [-0.3, -0.25) is 19.6 Å². The summed E-state index contributed by atoms with van der Waals surface area (Å²) in [7, 11) is 0. The minimum Gasteiger partial charge on any atom is -0.377 e. The normalized spacial score (nSPS) is 18.1. The van der Waals surface area contributed by atoms with E-state index in [2.05, 4.69) is 26.8 Å². The molecule has 0 radical (unpaired) electrons. The Kier molecular flexibility index (Phi) is 4.28. The smallest absolute Gasteiger partial charge is 0.271 e. The van der Waals surface area contributed by atoms with Gasteiger partial charge in [-0.2, -0.15) is 0 Å². The quantitative estimate of drug-likeness (QED) is 0.773. The van der Waals surface area contributed by atoms with E-state index in [9.17, 15) is 9.59 Å². The maximum atomic E-state index is 12.3. The number of nitrogens with one attached hydrogen (secondary N) is 2. The van der Waals surface area contributed by atoms with Crippen LogP contribution in [0.5, 0.6) is 0 Å². The summed E-state index contributed by atoms with van der Waals surface area (Å²) in [6.45, 7) is 4.95. The third-order valence-corrected chi connectivity index (χ3v) is 5.12. The predicted octanol–water partition coefficient (Wildman–Crippen LogP) is 1.67. The van der Waals surface area contributed by atoms with Gasteiger partial charge in [-0.05, 0) is 30.9 Å². The molecule has 7 heteroatoms. The first-order valence-electron chi connectivity index (χ1n) is 8.82. The van der Waals surface area contributed by atoms with Crippen LogP contribution >= 0.6 is 0 Å². The number of likely N-dealkylation sites (tertiary alicyclic amines) is 1. The van der Waals surface area contributed by atoms with Gasteiger partial charge in [0, 0.05) is 49.2 Å². The van der Waals surface area contributed by atoms with Crippen LogP contribution in [-0.2, 0) is 4.79 Å². The molecule has 1 saturated heterocycles. The summed E-state index contributed by atoms with van der Waals surface area (Å²) in [6.07, 6.45) is 10.2. The maximum absolute atomic E-state index is 12.3. The van der Waals surface area contributed by atoms with Crippen LogP contribution in [0.3, 0.4) is 0 Å². The molecule has 1 aliphatic carbocycles. The van der Waals surface area contributed by atoms with Crippen molar-refractivity contribution in [1.82, 2.24) is 19.9 Å². The van der Waals surface area contributed by atoms with E-state index in [1.165, 1.54) is 6.08 Å². The molecular weight excluding hydrogens is 330 g/mol. The molecule has 26 heavy (non-hydrogen) atoms. The van der Waals surface area contributed by atoms with Crippen LogP contribution < -0.4 is 10.9 Å². The molecule has 1 saturated carbocycles. The molecule has 7 nitrogen and oxygen atoms in total. The second kappa shape index (κ2) is 6.74. The number of aromatic nitrogens is 3. The zero-order valence-corrected chi connectivity index (χ0v) is 14.4. The van der Waals surface area contributed by atoms with Crippen molar-refractivity contribution in [3.05, 3.63) is 53.9 Å². The van der Waals surface area contributed by atoms with Gasteiger partial charge in [-0.1, -0.05) is 6.58 Å². The predicted molar refractivity (Wildman–Crippen MR) is 98.5 cm³/mol. The number of pyridine rings is 1. The highest BCUT2D eigenvalue weighted by molar-refractivity contribution is 5.87. The van der Waals surface area contributed by atoms with Crippen LogP contribution in [-0.4, -0.2) is 44.9 Å². The zero-order valence-electron chi connectivity index (χ0n) is 14.4. The third-order valence-electron chi connectivity index (χ3n) is 5.12. The first-order valence-corrected chi connectivity index (χ1v) is 8.82. The van der Waals surface area contributed by atoms with Crippen LogP contribution in [0, 0.1) is 11.8 Å². The SMILES string of the molecule is C=CC(=O)N1CC(C(Nc2cc(-c3cnccn3)c[nH]c2=O)C2CC2)C1. The summed E-state index contributed by atoms with van der Waals surface area (Å²) in [6, 6.07) is 2.02. The summed E-state index contributed by atoms with van der Waals surface area (Å²) < 4.78 is 0. The van der Waals surface area contributed by atoms with E-state index in [1.54, 1.807) is 29.7 Å². The van der Waals surface area contributed by atoms with Crippen LogP contribution in [0.15, 0.2) is 48.3 Å². The fraction of sp³-hybridized carbons (Fsp3) is 0.368. The summed E-state index contributed by atoms with van der Waals surface area (Å²) >= 11 is 0. The number of hydrogen-bond acceptors (Lipinski definition) is 5. The van der Waals surface area contributed by atoms with Crippen molar-refractivity contribution in [1.29, 1.82) is 0 Å². The van der Waals surface area contributed by atoms with Crippen molar-refractivity contribution >= 4 is 11.6 Å². The Hall–Kier alpha value is -2.96. The van der Waals surface area contributed by atoms with E-state index in [1.807, 2.05) is 6.07 Å². The van der Waals surface area contributed by atoms with Gasteiger partial charge in [-0.25, -0.2) is 0 Å². The van der Waals surface area contributed by atoms with Crippen molar-refractivity contribution in [2.24, 2.45) is 11.8 Å². The van der Waals surface area contributed by atoms with Gasteiger partial charge < -0.3 is 15.2 Å². The topological polar surface area (TPSA) is 91.0 Å². The Bertz CT molecular complexity index is 869. The molecule has 3 heterocycles. The number of carbonyl (C=O) groups is 1. The molecule has 2 fully saturated rings. The lowest BCUT2D eigenvalue weighted by Crippen LogP contribution is -2.56. The zero-order chi connectivity index (χ0) is 18.1. The number of nitrogens with zero attached hydrogens (tertiary/aromatic N) is 3. The van der Waals surface area contributed by atoms with Gasteiger partial charge in [0.2, 0.25) is 5.91 Å². The average Bonchev–Trinajstić information content (AvgIpc) is 3.46. The molecule has 134 valence electrons. The molecular formula is C19H21N5O2. The highest BCUT2D eigenvalue weighted by atomic mass is 16.2. The molecule has 1 atom stereocenters. The van der Waals surface area contributed by atoms with E-state index < -0.39 is 0 Å². The van der Waals surface area contributed by atoms with E-state index in [0.29, 0.717) is 36.3 Å². The lowest BCUT2D eigenvalue weighted by Gasteiger charge is -2.43. The minimum atomic E-state index is -0.151. The number of hydrogen-bond donors (Lipinski definition) is 2. The molecule has 2 aromatic heterocycles. The standard InChI is InChI=1S/C19H21N5O2/c1-2-17(25)24-10-14(11-24)18(12-3-4-12)23-15-7-13(8-22-19(15)26)16-9-20-5-6-21-16/h2,5-9,12,14,18,23H,1,3-4,10-11H2,(H,22,26). The van der Waals surface area contributed by atoms with Gasteiger partial charge in [0.25, 0.3) is 5.56 Å². The molecule has 1 unspecified atom stereocenters. The van der Waals surface area contributed by atoms with Crippen LogP contribution in [0.25, 0.3) is 11.3 Å². The Morgan fingerprint density at radius 2 is 2.15 bits per heavy atom. The fourth-order valence-electron chi connectivity index (χ4n) is 3.49. The van der Waals surface area contributed by atoms with Crippen LogP contribution in [0.1, 0.15) is 12.8 Å². The number of anilines is 1. The first-order chi connectivity index (χ1) is 12.7. The van der Waals surface area contributed by atoms with Crippen LogP contribution in [0.4, 0.5) is 5.69 Å². The van der Waals surface area contributed by atoms with E-state index in [4.69, 9.17) is 0 Å². The molecule has 1 amide bonds. The number of aromatic amines is 1. The third kappa shape index (κ3) is 3.24. The monoisotopic (exact) mass is 351 g/mol. The van der Waals surface area contributed by atoms with Gasteiger partial charge in [0.15, 0.2) is 0 Å². The van der Waals surface area contributed by atoms with Crippen LogP contribution in [0.2, 0.25) is 0 Å². The minimum absolute atomic E-state index is 0.0294. The van der Waals surface area contributed by atoms with E-state index in [0.717, 1.165) is 18.4 Å². The van der Waals surface area contributed by atoms with Gasteiger partial charge >= 0.3 is 0 Å². The number of rotatable bonds is 6. The molecule has 2 aromatic rings. The van der Waals surface area contributed by atoms with Crippen molar-refractivity contribution in [3.63, 3.8) is 0 Å². The molecule has 0 spiro atoms. The lowest BCUT2D eigenvalue weighted by atomic mass is 9.88. The van der Waals surface area contributed by atoms with E-state index >= 15 is 0 Å². The second-order valence-corrected chi connectivity index (χ2v) is 6.94. The highest BCUT2D eigenvalue weighted by Gasteiger charge is 2.43. The molecule has 1 aliphatic heterocycles. The van der Waals surface area contributed by atoms with Crippen molar-refractivity contribution < 1.29 is 4.79 Å². The number of amides is 1. The Morgan fingerprint density at radius 1 is 1.35 bits per heavy atom. The largest absolute Gasteiger partial charge is 0.377 e. The summed E-state index contributed by atoms with van der Waals surface area (Å²) in [4.78, 5) is 36.9. The van der Waals surface area contributed by atoms with Gasteiger partial charge in [-0.15, -0.1) is 0 Å². The maximum Gasteiger partial charge on any atom is 0.271 e. The molecule has 2 N–H and O–H groups in total. The Labute approximate surface area is 151 Å². The number of carbonyl (C=O) groups excluding carboxylic acids is 1. The molecule has 0 bridgehead atoms. The molecule has 2 aliphatic rings. The molecule has 4 rings (SSSR count). The Morgan fingerprint density at radius 3 is 2.81 bits per heavy atom. The highest BCUT2D eigenvalue weighted by Crippen LogP contribution is 2.40. The van der Waals surface area contributed by atoms with E-state index in [-0.39, 0.29) is 17.5 Å². The first kappa shape index (κ1) is 16.5. The van der Waals surface area contributed by atoms with Crippen molar-refractivity contribution in [3.8, 4) is 11.3 Å². The summed E-state index contributed by atoms with van der Waals surface area (Å²) in [5.74, 6) is 0.879. The molecule has 0 aromatic carbocycles. The lowest BCUT2D eigenvalue weighted by molar-refractivity contribution is -0.132. The summed E-state index contributed by atoms with van der Waals surface area (Å²) in [5.41, 5.74) is 1.91. The van der Waals surface area contributed by atoms with Crippen molar-refractivity contribution in [2.75, 3.05) is 18.4 Å². The number of H-pyrrole nitrogens is 1. The van der Waals surface area contributed by atoms with Crippen molar-refractivity contribution in [2.45, 2.75) is 18.9 Å². The average molecular weight is 351 g/mol. The Balaban J connectivity index is 1.52. The van der Waals surface area contributed by atoms with Gasteiger partial charge in [0.1, 0.15) is 5.69 Å².